The van der Waals surface area contributed by atoms with Gasteiger partial charge in [-0.15, -0.1) is 0 Å². The van der Waals surface area contributed by atoms with Gasteiger partial charge >= 0.3 is 35.5 Å². The summed E-state index contributed by atoms with van der Waals surface area (Å²) in [6.07, 6.45) is 4.97. The van der Waals surface area contributed by atoms with Gasteiger partial charge in [-0.2, -0.15) is 6.42 Å². The van der Waals surface area contributed by atoms with Crippen molar-refractivity contribution in [3.05, 3.63) is 6.92 Å². The summed E-state index contributed by atoms with van der Waals surface area (Å²) in [5.74, 6) is -0.549. The van der Waals surface area contributed by atoms with Crippen molar-refractivity contribution in [3.8, 4) is 0 Å². The summed E-state index contributed by atoms with van der Waals surface area (Å²) in [5.41, 5.74) is 0. The molecular formula is C10H19NaO3. The Hall–Kier alpha value is 0.140. The number of carboxylic acid groups (broad SMARTS) is 1. The number of hydrogen-bond donors (Lipinski definition) is 1. The minimum Gasteiger partial charge on any atom is -0.476 e. The van der Waals surface area contributed by atoms with E-state index in [2.05, 4.69) is 20.8 Å². The van der Waals surface area contributed by atoms with E-state index in [9.17, 15) is 0 Å². The molecule has 0 aliphatic rings. The van der Waals surface area contributed by atoms with Gasteiger partial charge in [0.15, 0.2) is 0 Å². The minimum absolute atomic E-state index is 0. The predicted molar refractivity (Wildman–Crippen MR) is 52.4 cm³/mol. The van der Waals surface area contributed by atoms with Crippen molar-refractivity contribution < 1.29 is 44.3 Å². The average Bonchev–Trinajstić information content (AvgIpc) is 2.05. The van der Waals surface area contributed by atoms with E-state index in [0.29, 0.717) is 0 Å². The van der Waals surface area contributed by atoms with Gasteiger partial charge < -0.3 is 12.0 Å². The van der Waals surface area contributed by atoms with Crippen molar-refractivity contribution >= 4 is 12.3 Å². The number of aliphatic carboxylic acids is 1. The van der Waals surface area contributed by atoms with E-state index in [1.807, 2.05) is 0 Å². The molecular weight excluding hydrogens is 191 g/mol. The van der Waals surface area contributed by atoms with Gasteiger partial charge in [0.1, 0.15) is 0 Å². The number of hydrogen-bond acceptors (Lipinski definition) is 2. The second-order valence-electron chi connectivity index (χ2n) is 3.20. The van der Waals surface area contributed by atoms with Crippen LogP contribution in [0.5, 0.6) is 0 Å². The molecule has 78 valence electrons. The molecule has 0 atom stereocenters. The molecule has 0 rings (SSSR count). The summed E-state index contributed by atoms with van der Waals surface area (Å²) < 4.78 is 0. The molecule has 3 nitrogen and oxygen atoms in total. The van der Waals surface area contributed by atoms with Crippen molar-refractivity contribution in [2.75, 3.05) is 0 Å². The summed E-state index contributed by atoms with van der Waals surface area (Å²) in [4.78, 5) is 17.9. The second-order valence-corrected chi connectivity index (χ2v) is 3.20. The molecule has 0 aliphatic carbocycles. The zero-order valence-corrected chi connectivity index (χ0v) is 11.5. The Labute approximate surface area is 109 Å². The Balaban J connectivity index is -0.000000177. The number of carbonyl (C=O) groups excluding carboxylic acids is 1. The Morgan fingerprint density at radius 2 is 1.86 bits per heavy atom. The van der Waals surface area contributed by atoms with E-state index in [4.69, 9.17) is 14.7 Å². The Morgan fingerprint density at radius 1 is 1.43 bits per heavy atom. The van der Waals surface area contributed by atoms with Crippen molar-refractivity contribution in [3.63, 3.8) is 0 Å². The van der Waals surface area contributed by atoms with Gasteiger partial charge in [0.05, 0.1) is 0 Å². The van der Waals surface area contributed by atoms with Crippen LogP contribution in [-0.2, 0) is 9.59 Å². The van der Waals surface area contributed by atoms with Crippen LogP contribution in [0.2, 0.25) is 0 Å². The van der Waals surface area contributed by atoms with E-state index >= 15 is 0 Å². The summed E-state index contributed by atoms with van der Waals surface area (Å²) in [5, 5.41) is 7.35. The SMILES string of the molecule is O=CC(=O)O.[CH2-]CCCCC(C)C.[Na+]. The van der Waals surface area contributed by atoms with Crippen LogP contribution in [0.4, 0.5) is 0 Å². The first-order valence-electron chi connectivity index (χ1n) is 4.52. The maximum absolute atomic E-state index is 9.00. The Bertz CT molecular complexity index is 135. The molecule has 0 radical (unpaired) electrons. The van der Waals surface area contributed by atoms with Gasteiger partial charge in [0.25, 0.3) is 0 Å². The van der Waals surface area contributed by atoms with Crippen molar-refractivity contribution in [2.24, 2.45) is 5.92 Å². The third-order valence-electron chi connectivity index (χ3n) is 1.38. The molecule has 0 amide bonds. The largest absolute Gasteiger partial charge is 1.00 e. The maximum atomic E-state index is 9.00. The minimum atomic E-state index is -1.43. The van der Waals surface area contributed by atoms with Crippen LogP contribution in [0.3, 0.4) is 0 Å². The molecule has 14 heavy (non-hydrogen) atoms. The fraction of sp³-hybridized carbons (Fsp3) is 0.700. The quantitative estimate of drug-likeness (QED) is 0.215. The average molecular weight is 210 g/mol. The summed E-state index contributed by atoms with van der Waals surface area (Å²) in [7, 11) is 0. The van der Waals surface area contributed by atoms with Crippen molar-refractivity contribution in [1.29, 1.82) is 0 Å². The number of carboxylic acids is 1. The van der Waals surface area contributed by atoms with Gasteiger partial charge in [-0.3, -0.25) is 4.79 Å². The Kier molecular flexibility index (Phi) is 21.9. The fourth-order valence-corrected chi connectivity index (χ4v) is 0.729. The van der Waals surface area contributed by atoms with E-state index in [0.717, 1.165) is 12.3 Å². The van der Waals surface area contributed by atoms with Gasteiger partial charge in [0.2, 0.25) is 6.29 Å². The number of aldehydes is 1. The first-order chi connectivity index (χ1) is 6.04. The van der Waals surface area contributed by atoms with Crippen LogP contribution in [-0.4, -0.2) is 17.4 Å². The second kappa shape index (κ2) is 15.6. The van der Waals surface area contributed by atoms with E-state index in [-0.39, 0.29) is 35.8 Å². The molecule has 0 spiro atoms. The van der Waals surface area contributed by atoms with Crippen LogP contribution in [0.25, 0.3) is 0 Å². The van der Waals surface area contributed by atoms with Crippen molar-refractivity contribution in [2.45, 2.75) is 39.5 Å². The molecule has 0 heterocycles. The monoisotopic (exact) mass is 210 g/mol. The van der Waals surface area contributed by atoms with Gasteiger partial charge in [-0.25, -0.2) is 4.79 Å². The number of rotatable bonds is 5. The molecule has 0 fully saturated rings. The number of unbranched alkanes of at least 4 members (excludes halogenated alkanes) is 2. The summed E-state index contributed by atoms with van der Waals surface area (Å²) in [6.45, 7) is 8.32. The first kappa shape index (κ1) is 19.7. The third-order valence-corrected chi connectivity index (χ3v) is 1.38. The fourth-order valence-electron chi connectivity index (χ4n) is 0.729. The van der Waals surface area contributed by atoms with Gasteiger partial charge in [-0.05, 0) is 5.92 Å². The molecule has 0 aromatic rings. The molecule has 0 aromatic heterocycles. The normalized spacial score (nSPS) is 8.29. The van der Waals surface area contributed by atoms with Gasteiger partial charge in [-0.1, -0.05) is 33.1 Å². The molecule has 4 heteroatoms. The van der Waals surface area contributed by atoms with E-state index in [1.54, 1.807) is 0 Å². The number of carbonyl (C=O) groups is 2. The summed E-state index contributed by atoms with van der Waals surface area (Å²) >= 11 is 0. The van der Waals surface area contributed by atoms with Gasteiger partial charge in [0, 0.05) is 0 Å². The standard InChI is InChI=1S/C8H17.C2H2O3.Na/c1-4-5-6-7-8(2)3;3-1-2(4)5;/h8H,1,4-7H2,2-3H3;1H,(H,4,5);/q-1;;+1. The molecule has 0 aliphatic heterocycles. The zero-order chi connectivity index (χ0) is 10.7. The maximum Gasteiger partial charge on any atom is 1.00 e. The smallest absolute Gasteiger partial charge is 0.476 e. The molecule has 0 bridgehead atoms. The predicted octanol–water partition coefficient (Wildman–Crippen LogP) is -0.689. The van der Waals surface area contributed by atoms with Crippen LogP contribution in [0.15, 0.2) is 0 Å². The molecule has 1 N–H and O–H groups in total. The Morgan fingerprint density at radius 3 is 2.07 bits per heavy atom. The molecule has 0 unspecified atom stereocenters. The molecule has 0 aromatic carbocycles. The van der Waals surface area contributed by atoms with Crippen LogP contribution < -0.4 is 29.6 Å². The third kappa shape index (κ3) is 29.6. The molecule has 0 saturated heterocycles. The van der Waals surface area contributed by atoms with E-state index in [1.165, 1.54) is 19.3 Å². The zero-order valence-electron chi connectivity index (χ0n) is 9.45. The first-order valence-corrected chi connectivity index (χ1v) is 4.52. The van der Waals surface area contributed by atoms with Crippen LogP contribution >= 0.6 is 0 Å². The van der Waals surface area contributed by atoms with E-state index < -0.39 is 5.97 Å². The topological polar surface area (TPSA) is 54.4 Å². The molecule has 0 saturated carbocycles. The summed E-state index contributed by atoms with van der Waals surface area (Å²) in [6, 6.07) is 0. The van der Waals surface area contributed by atoms with Crippen LogP contribution in [0, 0.1) is 12.8 Å². The van der Waals surface area contributed by atoms with Crippen molar-refractivity contribution in [1.82, 2.24) is 0 Å². The van der Waals surface area contributed by atoms with Crippen LogP contribution in [0.1, 0.15) is 39.5 Å².